The molecule has 0 heterocycles. The van der Waals surface area contributed by atoms with E-state index in [1.165, 1.54) is 32.1 Å². The molecule has 92 valence electrons. The molecule has 0 N–H and O–H groups in total. The molecule has 1 rings (SSSR count). The van der Waals surface area contributed by atoms with Gasteiger partial charge in [0.05, 0.1) is 11.5 Å². The highest BCUT2D eigenvalue weighted by atomic mass is 14.3. The van der Waals surface area contributed by atoms with Gasteiger partial charge in [0.2, 0.25) is 0 Å². The van der Waals surface area contributed by atoms with Crippen molar-refractivity contribution in [1.82, 2.24) is 0 Å². The number of hydrogen-bond acceptors (Lipinski definition) is 1. The van der Waals surface area contributed by atoms with Crippen LogP contribution in [-0.4, -0.2) is 0 Å². The molecule has 0 aliphatic heterocycles. The average Bonchev–Trinajstić information content (AvgIpc) is 2.27. The zero-order chi connectivity index (χ0) is 12.2. The van der Waals surface area contributed by atoms with Crippen LogP contribution in [0, 0.1) is 34.5 Å². The topological polar surface area (TPSA) is 23.8 Å². The van der Waals surface area contributed by atoms with E-state index in [4.69, 9.17) is 5.26 Å². The molecule has 1 aliphatic rings. The minimum Gasteiger partial charge on any atom is -0.198 e. The van der Waals surface area contributed by atoms with Crippen LogP contribution in [0.4, 0.5) is 0 Å². The summed E-state index contributed by atoms with van der Waals surface area (Å²) in [6.45, 7) is 8.87. The third-order valence-electron chi connectivity index (χ3n) is 4.39. The lowest BCUT2D eigenvalue weighted by Crippen LogP contribution is -2.20. The third kappa shape index (κ3) is 4.16. The largest absolute Gasteiger partial charge is 0.198 e. The standard InChI is InChI=1S/C15H27N/c1-12-5-7-14(8-6-12)13(2)9-10-15(3,4)11-16/h12-14H,5-10H2,1-4H3. The fraction of sp³-hybridized carbons (Fsp3) is 0.933. The molecule has 0 saturated heterocycles. The number of nitriles is 1. The summed E-state index contributed by atoms with van der Waals surface area (Å²) in [6.07, 6.45) is 7.92. The van der Waals surface area contributed by atoms with Crippen molar-refractivity contribution in [2.24, 2.45) is 23.2 Å². The van der Waals surface area contributed by atoms with E-state index in [0.717, 1.165) is 24.2 Å². The van der Waals surface area contributed by atoms with Crippen molar-refractivity contribution in [3.63, 3.8) is 0 Å². The van der Waals surface area contributed by atoms with Gasteiger partial charge in [-0.15, -0.1) is 0 Å². The minimum absolute atomic E-state index is 0.129. The van der Waals surface area contributed by atoms with Crippen LogP contribution < -0.4 is 0 Å². The second-order valence-electron chi connectivity index (χ2n) is 6.53. The summed E-state index contributed by atoms with van der Waals surface area (Å²) in [5.41, 5.74) is -0.129. The first-order valence-corrected chi connectivity index (χ1v) is 6.86. The normalized spacial score (nSPS) is 28.4. The molecule has 1 unspecified atom stereocenters. The van der Waals surface area contributed by atoms with Gasteiger partial charge in [0.1, 0.15) is 0 Å². The van der Waals surface area contributed by atoms with Crippen LogP contribution in [-0.2, 0) is 0 Å². The Bertz CT molecular complexity index is 241. The number of hydrogen-bond donors (Lipinski definition) is 0. The molecule has 0 spiro atoms. The first kappa shape index (κ1) is 13.6. The first-order valence-electron chi connectivity index (χ1n) is 6.86. The van der Waals surface area contributed by atoms with E-state index in [-0.39, 0.29) is 5.41 Å². The van der Waals surface area contributed by atoms with Crippen LogP contribution in [0.1, 0.15) is 66.2 Å². The van der Waals surface area contributed by atoms with Gasteiger partial charge in [-0.05, 0) is 57.3 Å². The van der Waals surface area contributed by atoms with Crippen LogP contribution in [0.5, 0.6) is 0 Å². The predicted octanol–water partition coefficient (Wildman–Crippen LogP) is 4.78. The summed E-state index contributed by atoms with van der Waals surface area (Å²) in [6, 6.07) is 2.41. The Labute approximate surface area is 101 Å². The Hall–Kier alpha value is -0.510. The van der Waals surface area contributed by atoms with Gasteiger partial charge in [0.15, 0.2) is 0 Å². The third-order valence-corrected chi connectivity index (χ3v) is 4.39. The number of rotatable bonds is 4. The first-order chi connectivity index (χ1) is 7.44. The molecule has 1 nitrogen and oxygen atoms in total. The molecular weight excluding hydrogens is 194 g/mol. The Balaban J connectivity index is 2.30. The molecule has 1 heteroatoms. The molecule has 16 heavy (non-hydrogen) atoms. The highest BCUT2D eigenvalue weighted by molar-refractivity contribution is 4.92. The zero-order valence-electron chi connectivity index (χ0n) is 11.4. The van der Waals surface area contributed by atoms with Crippen molar-refractivity contribution in [3.8, 4) is 6.07 Å². The van der Waals surface area contributed by atoms with E-state index in [9.17, 15) is 0 Å². The molecule has 0 bridgehead atoms. The minimum atomic E-state index is -0.129. The van der Waals surface area contributed by atoms with Crippen molar-refractivity contribution in [2.75, 3.05) is 0 Å². The van der Waals surface area contributed by atoms with Gasteiger partial charge < -0.3 is 0 Å². The van der Waals surface area contributed by atoms with Gasteiger partial charge in [-0.25, -0.2) is 0 Å². The second-order valence-corrected chi connectivity index (χ2v) is 6.53. The van der Waals surface area contributed by atoms with Crippen LogP contribution in [0.15, 0.2) is 0 Å². The second kappa shape index (κ2) is 5.71. The van der Waals surface area contributed by atoms with Gasteiger partial charge in [0.25, 0.3) is 0 Å². The van der Waals surface area contributed by atoms with Gasteiger partial charge in [-0.3, -0.25) is 0 Å². The Morgan fingerprint density at radius 2 is 1.81 bits per heavy atom. The maximum atomic E-state index is 9.00. The van der Waals surface area contributed by atoms with Gasteiger partial charge in [-0.1, -0.05) is 26.7 Å². The maximum Gasteiger partial charge on any atom is 0.0683 e. The summed E-state index contributed by atoms with van der Waals surface area (Å²) in [5, 5.41) is 9.00. The lowest BCUT2D eigenvalue weighted by Gasteiger charge is -2.31. The molecule has 0 aromatic rings. The van der Waals surface area contributed by atoms with Gasteiger partial charge in [-0.2, -0.15) is 5.26 Å². The molecular formula is C15H27N. The highest BCUT2D eigenvalue weighted by Gasteiger charge is 2.25. The van der Waals surface area contributed by atoms with Crippen LogP contribution >= 0.6 is 0 Å². The summed E-state index contributed by atoms with van der Waals surface area (Å²) in [4.78, 5) is 0. The lowest BCUT2D eigenvalue weighted by atomic mass is 9.74. The number of nitrogens with zero attached hydrogens (tertiary/aromatic N) is 1. The molecule has 1 fully saturated rings. The Kier molecular flexibility index (Phi) is 4.84. The lowest BCUT2D eigenvalue weighted by molar-refractivity contribution is 0.203. The van der Waals surface area contributed by atoms with Crippen molar-refractivity contribution in [2.45, 2.75) is 66.2 Å². The molecule has 1 saturated carbocycles. The van der Waals surface area contributed by atoms with E-state index in [1.54, 1.807) is 0 Å². The molecule has 0 amide bonds. The monoisotopic (exact) mass is 221 g/mol. The quantitative estimate of drug-likeness (QED) is 0.670. The SMILES string of the molecule is CC1CCC(C(C)CCC(C)(C)C#N)CC1. The van der Waals surface area contributed by atoms with E-state index in [0.29, 0.717) is 0 Å². The van der Waals surface area contributed by atoms with Crippen molar-refractivity contribution in [3.05, 3.63) is 0 Å². The average molecular weight is 221 g/mol. The van der Waals surface area contributed by atoms with E-state index in [2.05, 4.69) is 33.8 Å². The Morgan fingerprint density at radius 1 is 1.25 bits per heavy atom. The fourth-order valence-electron chi connectivity index (χ4n) is 2.74. The van der Waals surface area contributed by atoms with Crippen molar-refractivity contribution >= 4 is 0 Å². The fourth-order valence-corrected chi connectivity index (χ4v) is 2.74. The van der Waals surface area contributed by atoms with Crippen LogP contribution in [0.3, 0.4) is 0 Å². The van der Waals surface area contributed by atoms with Gasteiger partial charge >= 0.3 is 0 Å². The smallest absolute Gasteiger partial charge is 0.0683 e. The molecule has 1 aliphatic carbocycles. The zero-order valence-corrected chi connectivity index (χ0v) is 11.4. The van der Waals surface area contributed by atoms with Crippen LogP contribution in [0.25, 0.3) is 0 Å². The summed E-state index contributed by atoms with van der Waals surface area (Å²) in [7, 11) is 0. The highest BCUT2D eigenvalue weighted by Crippen LogP contribution is 2.36. The van der Waals surface area contributed by atoms with E-state index >= 15 is 0 Å². The van der Waals surface area contributed by atoms with Gasteiger partial charge in [0, 0.05) is 0 Å². The summed E-state index contributed by atoms with van der Waals surface area (Å²) < 4.78 is 0. The molecule has 1 atom stereocenters. The van der Waals surface area contributed by atoms with Crippen molar-refractivity contribution in [1.29, 1.82) is 5.26 Å². The molecule has 0 aromatic heterocycles. The van der Waals surface area contributed by atoms with Crippen molar-refractivity contribution < 1.29 is 0 Å². The maximum absolute atomic E-state index is 9.00. The molecule has 0 radical (unpaired) electrons. The predicted molar refractivity (Wildman–Crippen MR) is 68.9 cm³/mol. The van der Waals surface area contributed by atoms with E-state index < -0.39 is 0 Å². The summed E-state index contributed by atoms with van der Waals surface area (Å²) in [5.74, 6) is 2.67. The Morgan fingerprint density at radius 3 is 2.31 bits per heavy atom. The van der Waals surface area contributed by atoms with E-state index in [1.807, 2.05) is 0 Å². The summed E-state index contributed by atoms with van der Waals surface area (Å²) >= 11 is 0. The van der Waals surface area contributed by atoms with Crippen LogP contribution in [0.2, 0.25) is 0 Å². The molecule has 0 aromatic carbocycles.